The number of benzene rings is 1. The van der Waals surface area contributed by atoms with Crippen LogP contribution in [0.4, 0.5) is 5.69 Å². The number of nitrogens with zero attached hydrogens (tertiary/aromatic N) is 2. The van der Waals surface area contributed by atoms with E-state index >= 15 is 0 Å². The van der Waals surface area contributed by atoms with Crippen molar-refractivity contribution in [1.29, 1.82) is 0 Å². The molecule has 92 valence electrons. The van der Waals surface area contributed by atoms with Crippen LogP contribution in [0.1, 0.15) is 17.0 Å². The van der Waals surface area contributed by atoms with E-state index in [1.807, 2.05) is 25.1 Å². The highest BCUT2D eigenvalue weighted by atomic mass is 32.1. The topological polar surface area (TPSA) is 43.8 Å². The van der Waals surface area contributed by atoms with E-state index < -0.39 is 0 Å². The second kappa shape index (κ2) is 4.14. The van der Waals surface area contributed by atoms with Crippen LogP contribution in [0.5, 0.6) is 0 Å². The third kappa shape index (κ3) is 1.78. The van der Waals surface area contributed by atoms with Crippen molar-refractivity contribution in [1.82, 2.24) is 9.55 Å². The fourth-order valence-corrected chi connectivity index (χ4v) is 3.03. The van der Waals surface area contributed by atoms with Gasteiger partial charge in [0.2, 0.25) is 0 Å². The second-order valence-electron chi connectivity index (χ2n) is 4.57. The highest BCUT2D eigenvalue weighted by molar-refractivity contribution is 7.08. The molecular formula is C14H15N3S. The Labute approximate surface area is 110 Å². The number of nitrogens with two attached hydrogens (primary N) is 1. The molecule has 2 heterocycles. The number of hydrogen-bond donors (Lipinski definition) is 1. The molecule has 0 saturated heterocycles. The van der Waals surface area contributed by atoms with E-state index in [4.69, 9.17) is 5.73 Å². The van der Waals surface area contributed by atoms with Gasteiger partial charge < -0.3 is 10.3 Å². The van der Waals surface area contributed by atoms with Gasteiger partial charge >= 0.3 is 0 Å². The highest BCUT2D eigenvalue weighted by Crippen LogP contribution is 2.22. The number of aromatic nitrogens is 2. The molecule has 0 atom stereocenters. The maximum absolute atomic E-state index is 5.80. The first kappa shape index (κ1) is 11.3. The van der Waals surface area contributed by atoms with Crippen molar-refractivity contribution in [3.8, 4) is 0 Å². The van der Waals surface area contributed by atoms with Gasteiger partial charge in [0.25, 0.3) is 0 Å². The summed E-state index contributed by atoms with van der Waals surface area (Å²) in [5, 5.41) is 4.39. The molecule has 0 saturated carbocycles. The molecule has 3 rings (SSSR count). The third-order valence-corrected chi connectivity index (χ3v) is 4.16. The second-order valence-corrected chi connectivity index (χ2v) is 5.32. The lowest BCUT2D eigenvalue weighted by Crippen LogP contribution is -2.02. The number of aryl methyl sites for hydroxylation is 2. The van der Waals surface area contributed by atoms with E-state index in [0.717, 1.165) is 29.1 Å². The normalized spacial score (nSPS) is 11.2. The molecule has 18 heavy (non-hydrogen) atoms. The first-order valence-electron chi connectivity index (χ1n) is 5.89. The first-order chi connectivity index (χ1) is 8.65. The average molecular weight is 257 g/mol. The fraction of sp³-hybridized carbons (Fsp3) is 0.214. The molecule has 0 amide bonds. The summed E-state index contributed by atoms with van der Waals surface area (Å²) in [6, 6.07) is 5.91. The molecule has 3 aromatic rings. The molecule has 0 radical (unpaired) electrons. The maximum Gasteiger partial charge on any atom is 0.107 e. The number of anilines is 1. The lowest BCUT2D eigenvalue weighted by molar-refractivity contribution is 0.784. The van der Waals surface area contributed by atoms with E-state index in [1.165, 1.54) is 11.1 Å². The molecule has 4 heteroatoms. The van der Waals surface area contributed by atoms with Crippen LogP contribution in [0, 0.1) is 13.8 Å². The average Bonchev–Trinajstić information content (AvgIpc) is 2.85. The molecular weight excluding hydrogens is 242 g/mol. The Bertz CT molecular complexity index is 709. The largest absolute Gasteiger partial charge is 0.399 e. The zero-order chi connectivity index (χ0) is 12.7. The smallest absolute Gasteiger partial charge is 0.107 e. The van der Waals surface area contributed by atoms with Crippen molar-refractivity contribution in [2.24, 2.45) is 0 Å². The van der Waals surface area contributed by atoms with Gasteiger partial charge in [-0.3, -0.25) is 0 Å². The lowest BCUT2D eigenvalue weighted by atomic mass is 10.2. The molecule has 0 unspecified atom stereocenters. The molecule has 0 fully saturated rings. The molecule has 0 aliphatic rings. The van der Waals surface area contributed by atoms with Crippen LogP contribution in [0.3, 0.4) is 0 Å². The summed E-state index contributed by atoms with van der Waals surface area (Å²) >= 11 is 1.75. The minimum atomic E-state index is 0.763. The molecule has 0 aliphatic carbocycles. The van der Waals surface area contributed by atoms with Crippen molar-refractivity contribution in [3.63, 3.8) is 0 Å². The van der Waals surface area contributed by atoms with Crippen molar-refractivity contribution in [3.05, 3.63) is 45.9 Å². The molecule has 0 spiro atoms. The molecule has 2 N–H and O–H groups in total. The Morgan fingerprint density at radius 1 is 1.28 bits per heavy atom. The zero-order valence-corrected chi connectivity index (χ0v) is 11.3. The van der Waals surface area contributed by atoms with Gasteiger partial charge in [0.15, 0.2) is 0 Å². The quantitative estimate of drug-likeness (QED) is 0.715. The standard InChI is InChI=1S/C14H15N3S/c1-9-7-18-8-11(9)6-17-10(2)16-13-5-12(15)3-4-14(13)17/h3-5,7-8H,6,15H2,1-2H3. The van der Waals surface area contributed by atoms with Gasteiger partial charge in [-0.2, -0.15) is 11.3 Å². The van der Waals surface area contributed by atoms with Gasteiger partial charge in [0, 0.05) is 5.69 Å². The number of thiophene rings is 1. The van der Waals surface area contributed by atoms with Crippen LogP contribution in [0.2, 0.25) is 0 Å². The van der Waals surface area contributed by atoms with Gasteiger partial charge in [0.05, 0.1) is 17.6 Å². The van der Waals surface area contributed by atoms with Gasteiger partial charge in [0.1, 0.15) is 5.82 Å². The highest BCUT2D eigenvalue weighted by Gasteiger charge is 2.09. The number of nitrogen functional groups attached to an aromatic ring is 1. The Morgan fingerprint density at radius 3 is 2.83 bits per heavy atom. The summed E-state index contributed by atoms with van der Waals surface area (Å²) in [6.45, 7) is 5.07. The van der Waals surface area contributed by atoms with E-state index in [2.05, 4.69) is 27.2 Å². The van der Waals surface area contributed by atoms with Crippen molar-refractivity contribution < 1.29 is 0 Å². The molecule has 3 nitrogen and oxygen atoms in total. The molecule has 2 aromatic heterocycles. The molecule has 0 bridgehead atoms. The van der Waals surface area contributed by atoms with E-state index in [9.17, 15) is 0 Å². The van der Waals surface area contributed by atoms with Crippen LogP contribution in [0.25, 0.3) is 11.0 Å². The summed E-state index contributed by atoms with van der Waals surface area (Å²) < 4.78 is 2.24. The molecule has 1 aromatic carbocycles. The van der Waals surface area contributed by atoms with E-state index in [-0.39, 0.29) is 0 Å². The minimum absolute atomic E-state index is 0.763. The van der Waals surface area contributed by atoms with Gasteiger partial charge in [-0.15, -0.1) is 0 Å². The number of imidazole rings is 1. The number of hydrogen-bond acceptors (Lipinski definition) is 3. The summed E-state index contributed by atoms with van der Waals surface area (Å²) in [5.74, 6) is 1.03. The van der Waals surface area contributed by atoms with Crippen molar-refractivity contribution in [2.45, 2.75) is 20.4 Å². The summed E-state index contributed by atoms with van der Waals surface area (Å²) in [4.78, 5) is 4.57. The minimum Gasteiger partial charge on any atom is -0.399 e. The number of fused-ring (bicyclic) bond motifs is 1. The van der Waals surface area contributed by atoms with Crippen LogP contribution in [0.15, 0.2) is 29.0 Å². The maximum atomic E-state index is 5.80. The van der Waals surface area contributed by atoms with Gasteiger partial charge in [-0.05, 0) is 53.9 Å². The third-order valence-electron chi connectivity index (χ3n) is 3.25. The van der Waals surface area contributed by atoms with Crippen LogP contribution >= 0.6 is 11.3 Å². The Morgan fingerprint density at radius 2 is 2.11 bits per heavy atom. The zero-order valence-electron chi connectivity index (χ0n) is 10.5. The van der Waals surface area contributed by atoms with E-state index in [1.54, 1.807) is 11.3 Å². The Kier molecular flexibility index (Phi) is 2.59. The first-order valence-corrected chi connectivity index (χ1v) is 6.83. The Balaban J connectivity index is 2.11. The monoisotopic (exact) mass is 257 g/mol. The van der Waals surface area contributed by atoms with Crippen molar-refractivity contribution >= 4 is 28.1 Å². The van der Waals surface area contributed by atoms with Crippen molar-refractivity contribution in [2.75, 3.05) is 5.73 Å². The lowest BCUT2D eigenvalue weighted by Gasteiger charge is -2.06. The number of rotatable bonds is 2. The van der Waals surface area contributed by atoms with Gasteiger partial charge in [-0.25, -0.2) is 4.98 Å². The van der Waals surface area contributed by atoms with Gasteiger partial charge in [-0.1, -0.05) is 0 Å². The summed E-state index contributed by atoms with van der Waals surface area (Å²) in [6.07, 6.45) is 0. The SMILES string of the molecule is Cc1cscc1Cn1c(C)nc2cc(N)ccc21. The van der Waals surface area contributed by atoms with Crippen LogP contribution in [-0.2, 0) is 6.54 Å². The summed E-state index contributed by atoms with van der Waals surface area (Å²) in [7, 11) is 0. The van der Waals surface area contributed by atoms with Crippen LogP contribution < -0.4 is 5.73 Å². The van der Waals surface area contributed by atoms with Crippen LogP contribution in [-0.4, -0.2) is 9.55 Å². The fourth-order valence-electron chi connectivity index (χ4n) is 2.19. The van der Waals surface area contributed by atoms with E-state index in [0.29, 0.717) is 0 Å². The summed E-state index contributed by atoms with van der Waals surface area (Å²) in [5.41, 5.74) is 11.4. The molecule has 0 aliphatic heterocycles. The Hall–Kier alpha value is -1.81. The predicted molar refractivity (Wildman–Crippen MR) is 77.0 cm³/mol. The predicted octanol–water partition coefficient (Wildman–Crippen LogP) is 3.35.